The number of halogens is 3. The summed E-state index contributed by atoms with van der Waals surface area (Å²) in [6.07, 6.45) is 0.158. The molecule has 0 fully saturated rings. The van der Waals surface area contributed by atoms with Crippen LogP contribution in [0.15, 0.2) is 42.5 Å². The Hall–Kier alpha value is -1.17. The van der Waals surface area contributed by atoms with E-state index < -0.39 is 6.10 Å². The van der Waals surface area contributed by atoms with Crippen molar-refractivity contribution in [1.29, 1.82) is 0 Å². The third-order valence-electron chi connectivity index (χ3n) is 3.97. The molecule has 0 saturated carbocycles. The number of methoxy groups -OCH3 is 1. The molecule has 4 nitrogen and oxygen atoms in total. The quantitative estimate of drug-likeness (QED) is 0.596. The van der Waals surface area contributed by atoms with Gasteiger partial charge in [0.25, 0.3) is 0 Å². The summed E-state index contributed by atoms with van der Waals surface area (Å²) in [5, 5.41) is 14.3. The van der Waals surface area contributed by atoms with E-state index in [9.17, 15) is 5.11 Å². The summed E-state index contributed by atoms with van der Waals surface area (Å²) in [6.45, 7) is 4.73. The lowest BCUT2D eigenvalue weighted by Gasteiger charge is -2.28. The molecular weight excluding hydrogens is 409 g/mol. The van der Waals surface area contributed by atoms with Crippen molar-refractivity contribution < 1.29 is 14.6 Å². The fraction of sp³-hybridized carbons (Fsp3) is 0.400. The molecule has 0 bridgehead atoms. The number of ether oxygens (including phenoxy) is 2. The SMILES string of the molecule is COc1ccc(CC(C)(C)NCC(O)COc2cccc(Cl)c2Cl)cc1.Cl. The first-order valence-electron chi connectivity index (χ1n) is 8.43. The molecule has 0 heterocycles. The molecule has 0 amide bonds. The van der Waals surface area contributed by atoms with E-state index in [0.717, 1.165) is 12.2 Å². The third-order valence-corrected chi connectivity index (χ3v) is 4.77. The van der Waals surface area contributed by atoms with Crippen LogP contribution in [0.1, 0.15) is 19.4 Å². The topological polar surface area (TPSA) is 50.7 Å². The highest BCUT2D eigenvalue weighted by molar-refractivity contribution is 6.42. The van der Waals surface area contributed by atoms with E-state index in [1.807, 2.05) is 24.3 Å². The first-order chi connectivity index (χ1) is 12.3. The Morgan fingerprint density at radius 1 is 1.11 bits per heavy atom. The van der Waals surface area contributed by atoms with Gasteiger partial charge in [0.15, 0.2) is 0 Å². The zero-order valence-electron chi connectivity index (χ0n) is 15.7. The first-order valence-corrected chi connectivity index (χ1v) is 9.19. The summed E-state index contributed by atoms with van der Waals surface area (Å²) in [6, 6.07) is 13.2. The maximum atomic E-state index is 10.2. The molecule has 2 N–H and O–H groups in total. The molecule has 0 spiro atoms. The van der Waals surface area contributed by atoms with Crippen LogP contribution in [-0.4, -0.2) is 37.0 Å². The minimum Gasteiger partial charge on any atom is -0.497 e. The highest BCUT2D eigenvalue weighted by Crippen LogP contribution is 2.31. The number of nitrogens with one attached hydrogen (secondary N) is 1. The van der Waals surface area contributed by atoms with Crippen LogP contribution in [0.2, 0.25) is 10.0 Å². The van der Waals surface area contributed by atoms with Gasteiger partial charge >= 0.3 is 0 Å². The lowest BCUT2D eigenvalue weighted by Crippen LogP contribution is -2.46. The molecule has 0 radical (unpaired) electrons. The largest absolute Gasteiger partial charge is 0.497 e. The number of hydrogen-bond donors (Lipinski definition) is 2. The van der Waals surface area contributed by atoms with Gasteiger partial charge in [-0.05, 0) is 50.1 Å². The third kappa shape index (κ3) is 7.76. The average Bonchev–Trinajstić information content (AvgIpc) is 2.61. The predicted molar refractivity (Wildman–Crippen MR) is 114 cm³/mol. The van der Waals surface area contributed by atoms with Gasteiger partial charge in [0.1, 0.15) is 29.2 Å². The van der Waals surface area contributed by atoms with Crippen LogP contribution in [-0.2, 0) is 6.42 Å². The number of hydrogen-bond acceptors (Lipinski definition) is 4. The van der Waals surface area contributed by atoms with E-state index in [0.29, 0.717) is 22.3 Å². The Morgan fingerprint density at radius 2 is 1.78 bits per heavy atom. The minimum atomic E-state index is -0.666. The van der Waals surface area contributed by atoms with E-state index in [-0.39, 0.29) is 24.6 Å². The average molecular weight is 435 g/mol. The zero-order valence-corrected chi connectivity index (χ0v) is 18.0. The molecule has 0 saturated heterocycles. The van der Waals surface area contributed by atoms with Crippen molar-refractivity contribution in [3.05, 3.63) is 58.1 Å². The molecule has 27 heavy (non-hydrogen) atoms. The van der Waals surface area contributed by atoms with Crippen LogP contribution in [0.25, 0.3) is 0 Å². The van der Waals surface area contributed by atoms with Gasteiger partial charge in [0.2, 0.25) is 0 Å². The van der Waals surface area contributed by atoms with Gasteiger partial charge in [-0.2, -0.15) is 0 Å². The normalized spacial score (nSPS) is 12.2. The van der Waals surface area contributed by atoms with Gasteiger partial charge < -0.3 is 19.9 Å². The Balaban J connectivity index is 0.00000364. The maximum Gasteiger partial charge on any atom is 0.139 e. The van der Waals surface area contributed by atoms with Crippen LogP contribution < -0.4 is 14.8 Å². The maximum absolute atomic E-state index is 10.2. The van der Waals surface area contributed by atoms with Gasteiger partial charge in [0, 0.05) is 12.1 Å². The highest BCUT2D eigenvalue weighted by atomic mass is 35.5. The van der Waals surface area contributed by atoms with Gasteiger partial charge in [0.05, 0.1) is 12.1 Å². The molecule has 150 valence electrons. The summed E-state index contributed by atoms with van der Waals surface area (Å²) < 4.78 is 10.7. The number of benzene rings is 2. The molecule has 7 heteroatoms. The molecule has 2 aromatic rings. The summed E-state index contributed by atoms with van der Waals surface area (Å²) in [5.74, 6) is 1.31. The number of aliphatic hydroxyl groups excluding tert-OH is 1. The molecule has 0 aliphatic heterocycles. The lowest BCUT2D eigenvalue weighted by atomic mass is 9.94. The molecule has 1 unspecified atom stereocenters. The minimum absolute atomic E-state index is 0. The van der Waals surface area contributed by atoms with Crippen molar-refractivity contribution in [1.82, 2.24) is 5.32 Å². The first kappa shape index (κ1) is 23.9. The summed E-state index contributed by atoms with van der Waals surface area (Å²) in [7, 11) is 1.65. The second-order valence-electron chi connectivity index (χ2n) is 6.81. The molecule has 1 atom stereocenters. The summed E-state index contributed by atoms with van der Waals surface area (Å²) in [4.78, 5) is 0. The van der Waals surface area contributed by atoms with Crippen molar-refractivity contribution in [2.75, 3.05) is 20.3 Å². The van der Waals surface area contributed by atoms with Crippen molar-refractivity contribution in [2.45, 2.75) is 31.9 Å². The van der Waals surface area contributed by atoms with Gasteiger partial charge in [-0.15, -0.1) is 12.4 Å². The molecule has 0 aliphatic rings. The van der Waals surface area contributed by atoms with Crippen LogP contribution in [0.3, 0.4) is 0 Å². The van der Waals surface area contributed by atoms with Crippen LogP contribution >= 0.6 is 35.6 Å². The predicted octanol–water partition coefficient (Wildman–Crippen LogP) is 4.77. The molecule has 0 aliphatic carbocycles. The number of β-amino-alcohol motifs (C(OH)–C–C–N with tert-alkyl or cyclic N) is 1. The van der Waals surface area contributed by atoms with E-state index >= 15 is 0 Å². The van der Waals surface area contributed by atoms with E-state index in [1.54, 1.807) is 25.3 Å². The van der Waals surface area contributed by atoms with Gasteiger partial charge in [-0.3, -0.25) is 0 Å². The van der Waals surface area contributed by atoms with Crippen molar-refractivity contribution in [3.8, 4) is 11.5 Å². The Kier molecular flexibility index (Phi) is 9.71. The van der Waals surface area contributed by atoms with Crippen molar-refractivity contribution >= 4 is 35.6 Å². The van der Waals surface area contributed by atoms with E-state index in [1.165, 1.54) is 5.56 Å². The Morgan fingerprint density at radius 3 is 2.41 bits per heavy atom. The Bertz CT molecular complexity index is 708. The van der Waals surface area contributed by atoms with Gasteiger partial charge in [-0.25, -0.2) is 0 Å². The standard InChI is InChI=1S/C20H25Cl2NO3.ClH/c1-20(2,11-14-7-9-16(25-3)10-8-14)23-12-15(24)13-26-18-6-4-5-17(21)19(18)22;/h4-10,15,23-24H,11-13H2,1-3H3;1H. The van der Waals surface area contributed by atoms with E-state index in [4.69, 9.17) is 32.7 Å². The second-order valence-corrected chi connectivity index (χ2v) is 7.59. The molecule has 2 rings (SSSR count). The Labute approximate surface area is 177 Å². The molecule has 0 aromatic heterocycles. The fourth-order valence-electron chi connectivity index (χ4n) is 2.55. The molecule has 2 aromatic carbocycles. The number of rotatable bonds is 9. The zero-order chi connectivity index (χ0) is 19.2. The van der Waals surface area contributed by atoms with Gasteiger partial charge in [-0.1, -0.05) is 41.4 Å². The van der Waals surface area contributed by atoms with Crippen molar-refractivity contribution in [2.24, 2.45) is 0 Å². The van der Waals surface area contributed by atoms with Crippen LogP contribution in [0, 0.1) is 0 Å². The van der Waals surface area contributed by atoms with Crippen LogP contribution in [0.4, 0.5) is 0 Å². The monoisotopic (exact) mass is 433 g/mol. The number of aliphatic hydroxyl groups is 1. The smallest absolute Gasteiger partial charge is 0.139 e. The summed E-state index contributed by atoms with van der Waals surface area (Å²) in [5.41, 5.74) is 1.02. The highest BCUT2D eigenvalue weighted by Gasteiger charge is 2.20. The molecular formula is C20H26Cl3NO3. The second kappa shape index (κ2) is 11.0. The lowest BCUT2D eigenvalue weighted by molar-refractivity contribution is 0.0989. The summed E-state index contributed by atoms with van der Waals surface area (Å²) >= 11 is 12.0. The fourth-order valence-corrected chi connectivity index (χ4v) is 2.90. The van der Waals surface area contributed by atoms with Crippen LogP contribution in [0.5, 0.6) is 11.5 Å². The van der Waals surface area contributed by atoms with Crippen molar-refractivity contribution in [3.63, 3.8) is 0 Å². The van der Waals surface area contributed by atoms with E-state index in [2.05, 4.69) is 19.2 Å².